The molecule has 1 aromatic heterocycles. The van der Waals surface area contributed by atoms with Gasteiger partial charge in [0.05, 0.1) is 11.0 Å². The standard InChI is InChI=1S/C21H35N3/c1-6-7-8-10-15(2)16(3)18-13-24(14-18)20-12-9-11-19-17(4)22-23(5)21(19)20/h11,15-16,18H,6-10,12-14H2,1-5H3. The van der Waals surface area contributed by atoms with Gasteiger partial charge in [-0.2, -0.15) is 5.10 Å². The van der Waals surface area contributed by atoms with E-state index in [0.29, 0.717) is 0 Å². The Morgan fingerprint density at radius 3 is 2.71 bits per heavy atom. The summed E-state index contributed by atoms with van der Waals surface area (Å²) in [5, 5.41) is 7.40. The van der Waals surface area contributed by atoms with Crippen molar-refractivity contribution in [3.05, 3.63) is 16.3 Å². The Bertz CT molecular complexity index is 679. The Balaban J connectivity index is 1.65. The molecule has 0 aromatic carbocycles. The third kappa shape index (κ3) is 3.27. The van der Waals surface area contributed by atoms with Crippen molar-refractivity contribution in [2.75, 3.05) is 13.1 Å². The summed E-state index contributed by atoms with van der Waals surface area (Å²) in [6, 6.07) is 0. The Morgan fingerprint density at radius 2 is 2.00 bits per heavy atom. The first-order valence-corrected chi connectivity index (χ1v) is 10.0. The van der Waals surface area contributed by atoms with E-state index in [1.54, 1.807) is 0 Å². The largest absolute Gasteiger partial charge is 0.372 e. The van der Waals surface area contributed by atoms with Crippen molar-refractivity contribution >= 4 is 11.8 Å². The van der Waals surface area contributed by atoms with Crippen LogP contribution in [0.15, 0.2) is 0 Å². The topological polar surface area (TPSA) is 21.1 Å². The normalized spacial score (nSPS) is 20.4. The lowest BCUT2D eigenvalue weighted by Crippen LogP contribution is -2.52. The molecule has 1 aliphatic heterocycles. The Morgan fingerprint density at radius 1 is 1.25 bits per heavy atom. The highest BCUT2D eigenvalue weighted by Crippen LogP contribution is 2.34. The van der Waals surface area contributed by atoms with Crippen LogP contribution in [0, 0.1) is 24.7 Å². The van der Waals surface area contributed by atoms with Gasteiger partial charge in [-0.3, -0.25) is 4.68 Å². The van der Waals surface area contributed by atoms with Gasteiger partial charge in [0.2, 0.25) is 0 Å². The Hall–Kier alpha value is -1.25. The fourth-order valence-corrected chi connectivity index (χ4v) is 4.55. The molecule has 134 valence electrons. The first kappa shape index (κ1) is 17.6. The lowest BCUT2D eigenvalue weighted by atomic mass is 9.77. The molecule has 0 amide bonds. The summed E-state index contributed by atoms with van der Waals surface area (Å²) < 4.78 is 2.10. The van der Waals surface area contributed by atoms with Crippen molar-refractivity contribution in [1.29, 1.82) is 0 Å². The maximum Gasteiger partial charge on any atom is 0.0869 e. The summed E-state index contributed by atoms with van der Waals surface area (Å²) >= 11 is 0. The fraction of sp³-hybridized carbons (Fsp3) is 0.762. The maximum absolute atomic E-state index is 4.65. The van der Waals surface area contributed by atoms with E-state index in [2.05, 4.69) is 55.5 Å². The highest BCUT2D eigenvalue weighted by Gasteiger charge is 2.35. The second-order valence-corrected chi connectivity index (χ2v) is 8.16. The van der Waals surface area contributed by atoms with Crippen LogP contribution >= 0.6 is 0 Å². The van der Waals surface area contributed by atoms with Gasteiger partial charge >= 0.3 is 0 Å². The zero-order valence-electron chi connectivity index (χ0n) is 16.3. The third-order valence-electron chi connectivity index (χ3n) is 6.47. The molecule has 1 aromatic rings. The van der Waals surface area contributed by atoms with Crippen molar-refractivity contribution in [1.82, 2.24) is 14.7 Å². The average molecular weight is 330 g/mol. The smallest absolute Gasteiger partial charge is 0.0869 e. The SMILES string of the molecule is CCCCCC(C)C(C)C1CN(C2=c3c(c(C)nn3C)=CCC2)C1. The number of aromatic nitrogens is 2. The number of fused-ring (bicyclic) bond motifs is 1. The first-order valence-electron chi connectivity index (χ1n) is 10.0. The second kappa shape index (κ2) is 7.33. The number of unbranched alkanes of at least 4 members (excludes halogenated alkanes) is 2. The summed E-state index contributed by atoms with van der Waals surface area (Å²) in [6.45, 7) is 11.9. The number of likely N-dealkylation sites (tertiary alicyclic amines) is 1. The summed E-state index contributed by atoms with van der Waals surface area (Å²) in [6.07, 6.45) is 10.3. The Kier molecular flexibility index (Phi) is 5.36. The fourth-order valence-electron chi connectivity index (χ4n) is 4.55. The molecule has 2 unspecified atom stereocenters. The van der Waals surface area contributed by atoms with E-state index in [-0.39, 0.29) is 0 Å². The minimum absolute atomic E-state index is 0.849. The van der Waals surface area contributed by atoms with Gasteiger partial charge < -0.3 is 4.90 Å². The highest BCUT2D eigenvalue weighted by atomic mass is 15.3. The molecule has 3 nitrogen and oxygen atoms in total. The van der Waals surface area contributed by atoms with Gasteiger partial charge in [-0.15, -0.1) is 0 Å². The molecule has 3 rings (SSSR count). The van der Waals surface area contributed by atoms with Crippen molar-refractivity contribution in [3.63, 3.8) is 0 Å². The molecular formula is C21H35N3. The van der Waals surface area contributed by atoms with Gasteiger partial charge in [0.25, 0.3) is 0 Å². The minimum atomic E-state index is 0.849. The molecule has 1 saturated heterocycles. The quantitative estimate of drug-likeness (QED) is 0.716. The lowest BCUT2D eigenvalue weighted by molar-refractivity contribution is 0.0859. The van der Waals surface area contributed by atoms with Gasteiger partial charge in [0.15, 0.2) is 0 Å². The molecule has 2 heterocycles. The van der Waals surface area contributed by atoms with Crippen molar-refractivity contribution in [2.24, 2.45) is 24.8 Å². The molecule has 2 atom stereocenters. The van der Waals surface area contributed by atoms with Crippen LogP contribution in [0.25, 0.3) is 11.8 Å². The summed E-state index contributed by atoms with van der Waals surface area (Å²) in [4.78, 5) is 2.63. The van der Waals surface area contributed by atoms with Gasteiger partial charge in [-0.1, -0.05) is 52.5 Å². The van der Waals surface area contributed by atoms with Crippen LogP contribution in [0.4, 0.5) is 0 Å². The van der Waals surface area contributed by atoms with E-state index in [9.17, 15) is 0 Å². The monoisotopic (exact) mass is 329 g/mol. The van der Waals surface area contributed by atoms with E-state index in [0.717, 1.165) is 17.8 Å². The van der Waals surface area contributed by atoms with Crippen LogP contribution in [0.2, 0.25) is 0 Å². The van der Waals surface area contributed by atoms with Crippen LogP contribution in [-0.4, -0.2) is 27.8 Å². The van der Waals surface area contributed by atoms with Crippen LogP contribution in [0.3, 0.4) is 0 Å². The number of hydrogen-bond acceptors (Lipinski definition) is 2. The number of nitrogens with zero attached hydrogens (tertiary/aromatic N) is 3. The predicted molar refractivity (Wildman–Crippen MR) is 102 cm³/mol. The first-order chi connectivity index (χ1) is 11.5. The van der Waals surface area contributed by atoms with Gasteiger partial charge in [-0.05, 0) is 37.5 Å². The summed E-state index contributed by atoms with van der Waals surface area (Å²) in [5.41, 5.74) is 2.72. The zero-order chi connectivity index (χ0) is 17.3. The molecule has 0 spiro atoms. The molecule has 0 radical (unpaired) electrons. The van der Waals surface area contributed by atoms with E-state index in [1.807, 2.05) is 0 Å². The molecule has 0 N–H and O–H groups in total. The number of rotatable bonds is 7. The van der Waals surface area contributed by atoms with E-state index in [4.69, 9.17) is 0 Å². The van der Waals surface area contributed by atoms with Crippen LogP contribution in [-0.2, 0) is 7.05 Å². The van der Waals surface area contributed by atoms with E-state index in [1.165, 1.54) is 73.6 Å². The second-order valence-electron chi connectivity index (χ2n) is 8.16. The molecular weight excluding hydrogens is 294 g/mol. The maximum atomic E-state index is 4.65. The molecule has 0 saturated carbocycles. The van der Waals surface area contributed by atoms with Crippen molar-refractivity contribution in [3.8, 4) is 0 Å². The third-order valence-corrected chi connectivity index (χ3v) is 6.47. The summed E-state index contributed by atoms with van der Waals surface area (Å²) in [7, 11) is 2.10. The van der Waals surface area contributed by atoms with Crippen molar-refractivity contribution < 1.29 is 0 Å². The lowest BCUT2D eigenvalue weighted by Gasteiger charge is -2.47. The molecule has 24 heavy (non-hydrogen) atoms. The van der Waals surface area contributed by atoms with E-state index >= 15 is 0 Å². The molecule has 1 aliphatic carbocycles. The average Bonchev–Trinajstić information content (AvgIpc) is 2.81. The zero-order valence-corrected chi connectivity index (χ0v) is 16.3. The highest BCUT2D eigenvalue weighted by molar-refractivity contribution is 5.50. The van der Waals surface area contributed by atoms with Crippen LogP contribution < -0.4 is 10.6 Å². The Labute approximate surface area is 147 Å². The van der Waals surface area contributed by atoms with E-state index < -0.39 is 0 Å². The molecule has 0 bridgehead atoms. The molecule has 1 fully saturated rings. The van der Waals surface area contributed by atoms with Crippen LogP contribution in [0.1, 0.15) is 65.0 Å². The van der Waals surface area contributed by atoms with Crippen LogP contribution in [0.5, 0.6) is 0 Å². The van der Waals surface area contributed by atoms with Gasteiger partial charge in [0.1, 0.15) is 0 Å². The van der Waals surface area contributed by atoms with Crippen molar-refractivity contribution in [2.45, 2.75) is 66.2 Å². The van der Waals surface area contributed by atoms with Gasteiger partial charge in [-0.25, -0.2) is 0 Å². The number of hydrogen-bond donors (Lipinski definition) is 0. The summed E-state index contributed by atoms with van der Waals surface area (Å²) in [5.74, 6) is 2.59. The molecule has 2 aliphatic rings. The predicted octanol–water partition coefficient (Wildman–Crippen LogP) is 3.20. The van der Waals surface area contributed by atoms with Gasteiger partial charge in [0, 0.05) is 31.1 Å². The number of aryl methyl sites for hydroxylation is 2. The minimum Gasteiger partial charge on any atom is -0.372 e. The molecule has 3 heteroatoms.